The molecule has 1 aromatic heterocycles. The van der Waals surface area contributed by atoms with Crippen molar-refractivity contribution in [3.63, 3.8) is 0 Å². The van der Waals surface area contributed by atoms with E-state index >= 15 is 0 Å². The zero-order valence-electron chi connectivity index (χ0n) is 10.2. The van der Waals surface area contributed by atoms with Gasteiger partial charge >= 0.3 is 0 Å². The first-order chi connectivity index (χ1) is 9.15. The van der Waals surface area contributed by atoms with Crippen LogP contribution < -0.4 is 5.32 Å². The second-order valence-electron chi connectivity index (χ2n) is 4.09. The molecule has 2 rings (SSSR count). The Morgan fingerprint density at radius 2 is 2.11 bits per heavy atom. The lowest BCUT2D eigenvalue weighted by Gasteiger charge is -2.05. The molecule has 0 saturated heterocycles. The summed E-state index contributed by atoms with van der Waals surface area (Å²) in [5, 5.41) is 4.63. The molecule has 2 aromatic rings. The Hall–Kier alpha value is -1.75. The Morgan fingerprint density at radius 1 is 1.26 bits per heavy atom. The predicted octanol–water partition coefficient (Wildman–Crippen LogP) is 2.93. The van der Waals surface area contributed by atoms with Crippen molar-refractivity contribution in [1.29, 1.82) is 0 Å². The largest absolute Gasteiger partial charge is 0.355 e. The van der Waals surface area contributed by atoms with Crippen molar-refractivity contribution >= 4 is 17.2 Å². The maximum atomic E-state index is 13.3. The normalized spacial score (nSPS) is 10.4. The highest BCUT2D eigenvalue weighted by Crippen LogP contribution is 2.10. The molecule has 0 radical (unpaired) electrons. The van der Waals surface area contributed by atoms with Crippen LogP contribution in [0.4, 0.5) is 8.78 Å². The molecule has 100 valence electrons. The first-order valence-corrected chi connectivity index (χ1v) is 6.76. The van der Waals surface area contributed by atoms with Crippen LogP contribution in [0.2, 0.25) is 0 Å². The number of hydrogen-bond donors (Lipinski definition) is 1. The van der Waals surface area contributed by atoms with Crippen molar-refractivity contribution in [2.45, 2.75) is 12.8 Å². The molecule has 0 saturated carbocycles. The molecule has 0 aliphatic rings. The molecule has 1 heterocycles. The van der Waals surface area contributed by atoms with Gasteiger partial charge in [-0.05, 0) is 29.5 Å². The highest BCUT2D eigenvalue weighted by atomic mass is 32.1. The lowest BCUT2D eigenvalue weighted by atomic mass is 10.1. The molecular weight excluding hydrogens is 268 g/mol. The molecule has 2 nitrogen and oxygen atoms in total. The molecule has 0 fully saturated rings. The number of carbonyl (C=O) groups is 1. The van der Waals surface area contributed by atoms with E-state index in [9.17, 15) is 13.6 Å². The molecule has 0 aliphatic heterocycles. The van der Waals surface area contributed by atoms with E-state index in [-0.39, 0.29) is 5.91 Å². The zero-order valence-corrected chi connectivity index (χ0v) is 11.0. The first-order valence-electron chi connectivity index (χ1n) is 5.88. The topological polar surface area (TPSA) is 29.1 Å². The molecule has 0 aliphatic carbocycles. The first kappa shape index (κ1) is 13.7. The van der Waals surface area contributed by atoms with Crippen molar-refractivity contribution in [2.24, 2.45) is 0 Å². The molecule has 0 atom stereocenters. The summed E-state index contributed by atoms with van der Waals surface area (Å²) in [5.74, 6) is -1.26. The van der Waals surface area contributed by atoms with Crippen LogP contribution in [0.1, 0.15) is 10.4 Å². The third-order valence-electron chi connectivity index (χ3n) is 2.65. The summed E-state index contributed by atoms with van der Waals surface area (Å²) < 4.78 is 26.0. The van der Waals surface area contributed by atoms with Gasteiger partial charge in [-0.25, -0.2) is 8.78 Å². The minimum absolute atomic E-state index is 0.0926. The van der Waals surface area contributed by atoms with Crippen molar-refractivity contribution in [2.75, 3.05) is 6.54 Å². The van der Waals surface area contributed by atoms with Crippen LogP contribution >= 0.6 is 11.3 Å². The van der Waals surface area contributed by atoms with E-state index in [0.717, 1.165) is 10.9 Å². The second kappa shape index (κ2) is 6.43. The summed E-state index contributed by atoms with van der Waals surface area (Å²) >= 11 is 1.52. The molecule has 1 aromatic carbocycles. The average Bonchev–Trinajstić information content (AvgIpc) is 2.84. The molecule has 19 heavy (non-hydrogen) atoms. The average molecular weight is 281 g/mol. The number of halogens is 2. The third kappa shape index (κ3) is 4.13. The zero-order chi connectivity index (χ0) is 13.7. The molecule has 1 amide bonds. The van der Waals surface area contributed by atoms with Crippen LogP contribution in [0.3, 0.4) is 0 Å². The van der Waals surface area contributed by atoms with Crippen LogP contribution in [0, 0.1) is 11.6 Å². The quantitative estimate of drug-likeness (QED) is 0.897. The van der Waals surface area contributed by atoms with Gasteiger partial charge in [0.1, 0.15) is 11.6 Å². The van der Waals surface area contributed by atoms with Crippen LogP contribution in [0.15, 0.2) is 35.7 Å². The number of benzene rings is 1. The highest BCUT2D eigenvalue weighted by molar-refractivity contribution is 7.10. The minimum Gasteiger partial charge on any atom is -0.355 e. The summed E-state index contributed by atoms with van der Waals surface area (Å²) in [5.41, 5.74) is 0.401. The van der Waals surface area contributed by atoms with E-state index in [1.54, 1.807) is 0 Å². The maximum Gasteiger partial charge on any atom is 0.225 e. The second-order valence-corrected chi connectivity index (χ2v) is 5.12. The van der Waals surface area contributed by atoms with E-state index in [2.05, 4.69) is 5.32 Å². The number of hydrogen-bond acceptors (Lipinski definition) is 2. The van der Waals surface area contributed by atoms with Gasteiger partial charge in [-0.3, -0.25) is 4.79 Å². The van der Waals surface area contributed by atoms with Crippen LogP contribution in [0.25, 0.3) is 0 Å². The fraction of sp³-hybridized carbons (Fsp3) is 0.214. The molecule has 0 spiro atoms. The van der Waals surface area contributed by atoms with Crippen LogP contribution in [-0.2, 0) is 17.6 Å². The lowest BCUT2D eigenvalue weighted by molar-refractivity contribution is -0.120. The fourth-order valence-corrected chi connectivity index (χ4v) is 2.40. The number of amides is 1. The van der Waals surface area contributed by atoms with E-state index in [4.69, 9.17) is 0 Å². The maximum absolute atomic E-state index is 13.3. The molecule has 1 N–H and O–H groups in total. The SMILES string of the molecule is O=C(Cc1cccs1)NCCc1ccc(F)cc1F. The van der Waals surface area contributed by atoms with E-state index in [1.165, 1.54) is 23.5 Å². The van der Waals surface area contributed by atoms with Crippen molar-refractivity contribution in [1.82, 2.24) is 5.32 Å². The van der Waals surface area contributed by atoms with Crippen LogP contribution in [-0.4, -0.2) is 12.5 Å². The Kier molecular flexibility index (Phi) is 4.63. The standard InChI is InChI=1S/C14H13F2NOS/c15-11-4-3-10(13(16)8-11)5-6-17-14(18)9-12-2-1-7-19-12/h1-4,7-8H,5-6,9H2,(H,17,18). The summed E-state index contributed by atoms with van der Waals surface area (Å²) in [4.78, 5) is 12.6. The van der Waals surface area contributed by atoms with Crippen molar-refractivity contribution in [3.05, 3.63) is 57.8 Å². The Balaban J connectivity index is 1.78. The van der Waals surface area contributed by atoms with Gasteiger partial charge in [-0.1, -0.05) is 12.1 Å². The Morgan fingerprint density at radius 3 is 2.79 bits per heavy atom. The number of rotatable bonds is 5. The lowest BCUT2D eigenvalue weighted by Crippen LogP contribution is -2.27. The number of thiophene rings is 1. The minimum atomic E-state index is -0.594. The van der Waals surface area contributed by atoms with Gasteiger partial charge < -0.3 is 5.32 Å². The molecule has 0 unspecified atom stereocenters. The number of nitrogens with one attached hydrogen (secondary N) is 1. The summed E-state index contributed by atoms with van der Waals surface area (Å²) in [6.07, 6.45) is 0.686. The van der Waals surface area contributed by atoms with Gasteiger partial charge in [-0.2, -0.15) is 0 Å². The molecular formula is C14H13F2NOS. The van der Waals surface area contributed by atoms with Gasteiger partial charge in [0.05, 0.1) is 6.42 Å². The van der Waals surface area contributed by atoms with E-state index < -0.39 is 11.6 Å². The van der Waals surface area contributed by atoms with Gasteiger partial charge in [0.15, 0.2) is 0 Å². The fourth-order valence-electron chi connectivity index (χ4n) is 1.69. The van der Waals surface area contributed by atoms with Crippen molar-refractivity contribution in [3.8, 4) is 0 Å². The monoisotopic (exact) mass is 281 g/mol. The van der Waals surface area contributed by atoms with Crippen LogP contribution in [0.5, 0.6) is 0 Å². The Bertz CT molecular complexity index is 555. The van der Waals surface area contributed by atoms with Gasteiger partial charge in [0.2, 0.25) is 5.91 Å². The van der Waals surface area contributed by atoms with Gasteiger partial charge in [0, 0.05) is 17.5 Å². The number of carbonyl (C=O) groups excluding carboxylic acids is 1. The smallest absolute Gasteiger partial charge is 0.225 e. The van der Waals surface area contributed by atoms with E-state index in [1.807, 2.05) is 17.5 Å². The molecule has 5 heteroatoms. The van der Waals surface area contributed by atoms with Crippen molar-refractivity contribution < 1.29 is 13.6 Å². The van der Waals surface area contributed by atoms with Gasteiger partial charge in [-0.15, -0.1) is 11.3 Å². The highest BCUT2D eigenvalue weighted by Gasteiger charge is 2.06. The summed E-state index contributed by atoms with van der Waals surface area (Å²) in [6.45, 7) is 0.340. The summed E-state index contributed by atoms with van der Waals surface area (Å²) in [6, 6.07) is 7.25. The third-order valence-corrected chi connectivity index (χ3v) is 3.52. The molecule has 0 bridgehead atoms. The van der Waals surface area contributed by atoms with Gasteiger partial charge in [0.25, 0.3) is 0 Å². The van der Waals surface area contributed by atoms with E-state index in [0.29, 0.717) is 24.9 Å². The Labute approximate surface area is 114 Å². The predicted molar refractivity (Wildman–Crippen MR) is 71.1 cm³/mol. The summed E-state index contributed by atoms with van der Waals surface area (Å²) in [7, 11) is 0.